The number of halogens is 1. The SMILES string of the molecule is COc1ccc(/C=C/C(=O)NC(C)C(=O)Nc2ccccc2Oc2cccc(F)c2)cc1. The molecule has 0 aliphatic heterocycles. The van der Waals surface area contributed by atoms with Gasteiger partial charge in [-0.25, -0.2) is 4.39 Å². The van der Waals surface area contributed by atoms with E-state index in [0.29, 0.717) is 17.2 Å². The van der Waals surface area contributed by atoms with Gasteiger partial charge in [-0.1, -0.05) is 30.3 Å². The van der Waals surface area contributed by atoms with Gasteiger partial charge < -0.3 is 20.1 Å². The quantitative estimate of drug-likeness (QED) is 0.500. The van der Waals surface area contributed by atoms with Crippen molar-refractivity contribution in [3.63, 3.8) is 0 Å². The Labute approximate surface area is 185 Å². The Hall–Kier alpha value is -4.13. The van der Waals surface area contributed by atoms with E-state index in [1.807, 2.05) is 12.1 Å². The number of hydrogen-bond acceptors (Lipinski definition) is 4. The number of carbonyl (C=O) groups excluding carboxylic acids is 2. The Balaban J connectivity index is 1.59. The molecule has 3 aromatic rings. The molecule has 0 radical (unpaired) electrons. The third kappa shape index (κ3) is 6.43. The lowest BCUT2D eigenvalue weighted by atomic mass is 10.2. The molecule has 6 nitrogen and oxygen atoms in total. The molecule has 0 heterocycles. The predicted molar refractivity (Wildman–Crippen MR) is 121 cm³/mol. The number of rotatable bonds is 8. The Morgan fingerprint density at radius 3 is 2.44 bits per heavy atom. The van der Waals surface area contributed by atoms with Gasteiger partial charge in [-0.15, -0.1) is 0 Å². The summed E-state index contributed by atoms with van der Waals surface area (Å²) in [6.45, 7) is 1.57. The van der Waals surface area contributed by atoms with Gasteiger partial charge in [-0.3, -0.25) is 9.59 Å². The van der Waals surface area contributed by atoms with Crippen molar-refractivity contribution in [1.82, 2.24) is 5.32 Å². The minimum Gasteiger partial charge on any atom is -0.497 e. The zero-order chi connectivity index (χ0) is 22.9. The average molecular weight is 434 g/mol. The lowest BCUT2D eigenvalue weighted by Gasteiger charge is -2.16. The summed E-state index contributed by atoms with van der Waals surface area (Å²) in [6, 6.07) is 18.9. The molecule has 0 aromatic heterocycles. The topological polar surface area (TPSA) is 76.7 Å². The first-order valence-corrected chi connectivity index (χ1v) is 9.90. The van der Waals surface area contributed by atoms with Gasteiger partial charge in [-0.05, 0) is 55.0 Å². The minimum atomic E-state index is -0.801. The second-order valence-electron chi connectivity index (χ2n) is 6.88. The smallest absolute Gasteiger partial charge is 0.246 e. The second-order valence-corrected chi connectivity index (χ2v) is 6.88. The van der Waals surface area contributed by atoms with Gasteiger partial charge in [0.1, 0.15) is 23.4 Å². The van der Waals surface area contributed by atoms with Crippen molar-refractivity contribution < 1.29 is 23.5 Å². The predicted octanol–water partition coefficient (Wildman–Crippen LogP) is 4.78. The maximum absolute atomic E-state index is 13.4. The molecular formula is C25H23FN2O4. The lowest BCUT2D eigenvalue weighted by molar-refractivity contribution is -0.123. The summed E-state index contributed by atoms with van der Waals surface area (Å²) in [5.74, 6) is 0.113. The number of methoxy groups -OCH3 is 1. The number of para-hydroxylation sites is 2. The zero-order valence-electron chi connectivity index (χ0n) is 17.7. The Kier molecular flexibility index (Phi) is 7.59. The highest BCUT2D eigenvalue weighted by Crippen LogP contribution is 2.29. The van der Waals surface area contributed by atoms with E-state index in [0.717, 1.165) is 11.3 Å². The summed E-state index contributed by atoms with van der Waals surface area (Å²) >= 11 is 0. The molecule has 0 spiro atoms. The molecule has 164 valence electrons. The molecule has 2 N–H and O–H groups in total. The van der Waals surface area contributed by atoms with E-state index in [4.69, 9.17) is 9.47 Å². The molecule has 3 rings (SSSR count). The van der Waals surface area contributed by atoms with Gasteiger partial charge >= 0.3 is 0 Å². The summed E-state index contributed by atoms with van der Waals surface area (Å²) in [5.41, 5.74) is 1.22. The van der Waals surface area contributed by atoms with Crippen molar-refractivity contribution in [2.45, 2.75) is 13.0 Å². The molecule has 2 amide bonds. The average Bonchev–Trinajstić information content (AvgIpc) is 2.79. The van der Waals surface area contributed by atoms with Gasteiger partial charge in [-0.2, -0.15) is 0 Å². The summed E-state index contributed by atoms with van der Waals surface area (Å²) in [6.07, 6.45) is 2.99. The molecule has 0 saturated carbocycles. The van der Waals surface area contributed by atoms with E-state index < -0.39 is 23.7 Å². The molecule has 0 fully saturated rings. The van der Waals surface area contributed by atoms with Crippen LogP contribution in [0.1, 0.15) is 12.5 Å². The summed E-state index contributed by atoms with van der Waals surface area (Å²) < 4.78 is 24.2. The summed E-state index contributed by atoms with van der Waals surface area (Å²) in [5, 5.41) is 5.34. The van der Waals surface area contributed by atoms with Crippen LogP contribution < -0.4 is 20.1 Å². The number of anilines is 1. The number of hydrogen-bond donors (Lipinski definition) is 2. The number of ether oxygens (including phenoxy) is 2. The Morgan fingerprint density at radius 2 is 1.72 bits per heavy atom. The summed E-state index contributed by atoms with van der Waals surface area (Å²) in [7, 11) is 1.58. The maximum atomic E-state index is 13.4. The van der Waals surface area contributed by atoms with Crippen LogP contribution in [0.2, 0.25) is 0 Å². The number of benzene rings is 3. The van der Waals surface area contributed by atoms with Crippen LogP contribution in [0.4, 0.5) is 10.1 Å². The van der Waals surface area contributed by atoms with Crippen LogP contribution in [0.5, 0.6) is 17.2 Å². The van der Waals surface area contributed by atoms with Crippen LogP contribution in [0, 0.1) is 5.82 Å². The van der Waals surface area contributed by atoms with Crippen LogP contribution in [0.15, 0.2) is 78.9 Å². The zero-order valence-corrected chi connectivity index (χ0v) is 17.7. The van der Waals surface area contributed by atoms with Crippen LogP contribution in [-0.2, 0) is 9.59 Å². The standard InChI is InChI=1S/C25H23FN2O4/c1-17(27-24(29)15-12-18-10-13-20(31-2)14-11-18)25(30)28-22-8-3-4-9-23(22)32-21-7-5-6-19(26)16-21/h3-17H,1-2H3,(H,27,29)(H,28,30)/b15-12+. The molecular weight excluding hydrogens is 411 g/mol. The van der Waals surface area contributed by atoms with Crippen LogP contribution in [0.25, 0.3) is 6.08 Å². The fraction of sp³-hybridized carbons (Fsp3) is 0.120. The minimum absolute atomic E-state index is 0.303. The Morgan fingerprint density at radius 1 is 0.969 bits per heavy atom. The fourth-order valence-electron chi connectivity index (χ4n) is 2.77. The first-order chi connectivity index (χ1) is 15.4. The maximum Gasteiger partial charge on any atom is 0.246 e. The van der Waals surface area contributed by atoms with Crippen molar-refractivity contribution in [2.24, 2.45) is 0 Å². The monoisotopic (exact) mass is 434 g/mol. The first-order valence-electron chi connectivity index (χ1n) is 9.90. The van der Waals surface area contributed by atoms with Crippen LogP contribution >= 0.6 is 0 Å². The molecule has 7 heteroatoms. The van der Waals surface area contributed by atoms with Crippen molar-refractivity contribution in [1.29, 1.82) is 0 Å². The fourth-order valence-corrected chi connectivity index (χ4v) is 2.77. The van der Waals surface area contributed by atoms with Crippen molar-refractivity contribution >= 4 is 23.6 Å². The highest BCUT2D eigenvalue weighted by Gasteiger charge is 2.16. The van der Waals surface area contributed by atoms with Crippen molar-refractivity contribution in [3.05, 3.63) is 90.3 Å². The third-order valence-electron chi connectivity index (χ3n) is 4.46. The van der Waals surface area contributed by atoms with Crippen LogP contribution in [-0.4, -0.2) is 25.0 Å². The molecule has 1 unspecified atom stereocenters. The highest BCUT2D eigenvalue weighted by molar-refractivity contribution is 6.00. The summed E-state index contributed by atoms with van der Waals surface area (Å²) in [4.78, 5) is 24.8. The van der Waals surface area contributed by atoms with Gasteiger partial charge in [0.15, 0.2) is 5.75 Å². The van der Waals surface area contributed by atoms with Gasteiger partial charge in [0.2, 0.25) is 11.8 Å². The molecule has 0 saturated heterocycles. The van der Waals surface area contributed by atoms with E-state index in [1.54, 1.807) is 62.6 Å². The van der Waals surface area contributed by atoms with Gasteiger partial charge in [0, 0.05) is 12.1 Å². The lowest BCUT2D eigenvalue weighted by Crippen LogP contribution is -2.40. The third-order valence-corrected chi connectivity index (χ3v) is 4.46. The van der Waals surface area contributed by atoms with E-state index in [1.165, 1.54) is 24.3 Å². The van der Waals surface area contributed by atoms with Gasteiger partial charge in [0.05, 0.1) is 12.8 Å². The molecule has 0 aliphatic carbocycles. The number of carbonyl (C=O) groups is 2. The van der Waals surface area contributed by atoms with Crippen molar-refractivity contribution in [3.8, 4) is 17.2 Å². The van der Waals surface area contributed by atoms with Gasteiger partial charge in [0.25, 0.3) is 0 Å². The normalized spacial score (nSPS) is 11.6. The molecule has 3 aromatic carbocycles. The van der Waals surface area contributed by atoms with Crippen molar-refractivity contribution in [2.75, 3.05) is 12.4 Å². The molecule has 1 atom stereocenters. The first kappa shape index (κ1) is 22.6. The Bertz CT molecular complexity index is 1110. The van der Waals surface area contributed by atoms with Crippen LogP contribution in [0.3, 0.4) is 0 Å². The molecule has 0 bridgehead atoms. The van der Waals surface area contributed by atoms with E-state index in [-0.39, 0.29) is 0 Å². The van der Waals surface area contributed by atoms with E-state index >= 15 is 0 Å². The van der Waals surface area contributed by atoms with E-state index in [2.05, 4.69) is 10.6 Å². The number of amides is 2. The largest absolute Gasteiger partial charge is 0.497 e. The highest BCUT2D eigenvalue weighted by atomic mass is 19.1. The van der Waals surface area contributed by atoms with E-state index in [9.17, 15) is 14.0 Å². The molecule has 0 aliphatic rings. The molecule has 32 heavy (non-hydrogen) atoms. The second kappa shape index (κ2) is 10.8. The number of nitrogens with one attached hydrogen (secondary N) is 2.